The second-order valence-electron chi connectivity index (χ2n) is 5.51. The predicted octanol–water partition coefficient (Wildman–Crippen LogP) is 3.32. The maximum atomic E-state index is 12.7. The fourth-order valence-electron chi connectivity index (χ4n) is 2.20. The molecule has 120 valence electrons. The molecule has 0 bridgehead atoms. The van der Waals surface area contributed by atoms with Crippen LogP contribution in [0.25, 0.3) is 11.1 Å². The molecule has 1 amide bonds. The van der Waals surface area contributed by atoms with Crippen LogP contribution in [0.2, 0.25) is 0 Å². The molecule has 0 saturated carbocycles. The van der Waals surface area contributed by atoms with Crippen molar-refractivity contribution in [2.24, 2.45) is 0 Å². The van der Waals surface area contributed by atoms with Crippen LogP contribution in [-0.4, -0.2) is 26.2 Å². The second-order valence-corrected chi connectivity index (χ2v) is 6.57. The summed E-state index contributed by atoms with van der Waals surface area (Å²) >= 11 is 1.37. The first-order valence-corrected chi connectivity index (χ1v) is 8.21. The van der Waals surface area contributed by atoms with E-state index in [9.17, 15) is 4.79 Å². The predicted molar refractivity (Wildman–Crippen MR) is 87.9 cm³/mol. The van der Waals surface area contributed by atoms with Gasteiger partial charge >= 0.3 is 0 Å². The third-order valence-corrected chi connectivity index (χ3v) is 4.45. The van der Waals surface area contributed by atoms with Crippen LogP contribution in [0.1, 0.15) is 53.4 Å². The third kappa shape index (κ3) is 2.94. The topological polar surface area (TPSA) is 93.8 Å². The Kier molecular flexibility index (Phi) is 4.08. The van der Waals surface area contributed by atoms with Crippen molar-refractivity contribution in [2.75, 3.05) is 5.32 Å². The summed E-state index contributed by atoms with van der Waals surface area (Å²) in [5, 5.41) is 16.7. The number of rotatable bonds is 4. The number of aromatic nitrogens is 4. The van der Waals surface area contributed by atoms with E-state index in [1.54, 1.807) is 13.0 Å². The number of hydrogen-bond donors (Lipinski definition) is 1. The van der Waals surface area contributed by atoms with Gasteiger partial charge in [-0.1, -0.05) is 37.3 Å². The zero-order valence-corrected chi connectivity index (χ0v) is 14.2. The molecule has 3 rings (SSSR count). The van der Waals surface area contributed by atoms with Crippen molar-refractivity contribution in [3.63, 3.8) is 0 Å². The molecule has 0 spiro atoms. The van der Waals surface area contributed by atoms with E-state index in [2.05, 4.69) is 25.7 Å². The van der Waals surface area contributed by atoms with Gasteiger partial charge in [-0.25, -0.2) is 4.98 Å². The summed E-state index contributed by atoms with van der Waals surface area (Å²) in [6.07, 6.45) is 0.787. The van der Waals surface area contributed by atoms with Crippen LogP contribution in [-0.2, 0) is 6.42 Å². The van der Waals surface area contributed by atoms with E-state index in [-0.39, 0.29) is 11.8 Å². The number of anilines is 1. The zero-order chi connectivity index (χ0) is 16.6. The molecule has 0 radical (unpaired) electrons. The van der Waals surface area contributed by atoms with Gasteiger partial charge < -0.3 is 4.52 Å². The number of nitrogens with one attached hydrogen (secondary N) is 1. The van der Waals surface area contributed by atoms with Gasteiger partial charge in [0.25, 0.3) is 11.6 Å². The minimum Gasteiger partial charge on any atom is -0.336 e. The lowest BCUT2D eigenvalue weighted by atomic mass is 10.0. The van der Waals surface area contributed by atoms with E-state index >= 15 is 0 Å². The summed E-state index contributed by atoms with van der Waals surface area (Å²) in [4.78, 5) is 17.1. The molecular formula is C15H17N5O2S. The van der Waals surface area contributed by atoms with E-state index in [0.29, 0.717) is 27.5 Å². The van der Waals surface area contributed by atoms with Crippen LogP contribution in [0.3, 0.4) is 0 Å². The minimum atomic E-state index is -0.260. The number of aryl methyl sites for hydroxylation is 2. The Hall–Kier alpha value is -2.35. The molecule has 0 aliphatic heterocycles. The summed E-state index contributed by atoms with van der Waals surface area (Å²) in [6, 6.07) is 1.79. The van der Waals surface area contributed by atoms with Gasteiger partial charge in [0.15, 0.2) is 0 Å². The van der Waals surface area contributed by atoms with Crippen molar-refractivity contribution in [3.05, 3.63) is 28.0 Å². The number of pyridine rings is 1. The maximum Gasteiger partial charge on any atom is 0.259 e. The van der Waals surface area contributed by atoms with Gasteiger partial charge in [0, 0.05) is 5.69 Å². The highest BCUT2D eigenvalue weighted by molar-refractivity contribution is 7.15. The molecule has 0 saturated heterocycles. The molecule has 3 aromatic rings. The number of hydrogen-bond acceptors (Lipinski definition) is 7. The molecular weight excluding hydrogens is 314 g/mol. The number of carbonyl (C=O) groups is 1. The SMILES string of the molecule is CCc1nnc(NC(=O)c2cc(C(C)C)nc3onc(C)c23)s1. The van der Waals surface area contributed by atoms with Gasteiger partial charge in [0.05, 0.1) is 16.6 Å². The van der Waals surface area contributed by atoms with Crippen molar-refractivity contribution < 1.29 is 9.32 Å². The quantitative estimate of drug-likeness (QED) is 0.788. The largest absolute Gasteiger partial charge is 0.336 e. The lowest BCUT2D eigenvalue weighted by Crippen LogP contribution is -2.13. The molecule has 0 aliphatic carbocycles. The van der Waals surface area contributed by atoms with Gasteiger partial charge in [-0.15, -0.1) is 10.2 Å². The van der Waals surface area contributed by atoms with Crippen molar-refractivity contribution in [2.45, 2.75) is 40.0 Å². The number of amides is 1. The minimum absolute atomic E-state index is 0.171. The molecule has 0 unspecified atom stereocenters. The number of fused-ring (bicyclic) bond motifs is 1. The van der Waals surface area contributed by atoms with Gasteiger partial charge in [-0.3, -0.25) is 10.1 Å². The summed E-state index contributed by atoms with van der Waals surface area (Å²) in [7, 11) is 0. The Bertz CT molecular complexity index is 868. The molecule has 3 aromatic heterocycles. The molecule has 8 heteroatoms. The first-order chi connectivity index (χ1) is 11.0. The Balaban J connectivity index is 2.02. The summed E-state index contributed by atoms with van der Waals surface area (Å²) in [6.45, 7) is 7.81. The molecule has 0 fully saturated rings. The number of carbonyl (C=O) groups excluding carboxylic acids is 1. The van der Waals surface area contributed by atoms with Gasteiger partial charge in [0.1, 0.15) is 5.01 Å². The fraction of sp³-hybridized carbons (Fsp3) is 0.400. The molecule has 23 heavy (non-hydrogen) atoms. The first kappa shape index (κ1) is 15.5. The Morgan fingerprint density at radius 3 is 2.83 bits per heavy atom. The van der Waals surface area contributed by atoms with E-state index in [4.69, 9.17) is 4.52 Å². The van der Waals surface area contributed by atoms with Crippen LogP contribution in [0, 0.1) is 6.92 Å². The van der Waals surface area contributed by atoms with Crippen molar-refractivity contribution in [1.82, 2.24) is 20.3 Å². The highest BCUT2D eigenvalue weighted by atomic mass is 32.1. The molecule has 3 heterocycles. The third-order valence-electron chi connectivity index (χ3n) is 3.46. The van der Waals surface area contributed by atoms with E-state index in [1.165, 1.54) is 11.3 Å². The standard InChI is InChI=1S/C15H17N5O2S/c1-5-11-18-19-15(23-11)17-13(21)9-6-10(7(2)3)16-14-12(9)8(4)20-22-14/h6-7H,5H2,1-4H3,(H,17,19,21). The number of nitrogens with zero attached hydrogens (tertiary/aromatic N) is 4. The molecule has 0 atom stereocenters. The molecule has 7 nitrogen and oxygen atoms in total. The Morgan fingerprint density at radius 2 is 2.17 bits per heavy atom. The van der Waals surface area contributed by atoms with Crippen molar-refractivity contribution in [1.29, 1.82) is 0 Å². The monoisotopic (exact) mass is 331 g/mol. The Morgan fingerprint density at radius 1 is 1.39 bits per heavy atom. The van der Waals surface area contributed by atoms with Crippen LogP contribution in [0.5, 0.6) is 0 Å². The maximum absolute atomic E-state index is 12.7. The van der Waals surface area contributed by atoms with Crippen molar-refractivity contribution in [3.8, 4) is 0 Å². The van der Waals surface area contributed by atoms with E-state index in [1.807, 2.05) is 20.8 Å². The Labute approximate surface area is 137 Å². The highest BCUT2D eigenvalue weighted by Crippen LogP contribution is 2.26. The average Bonchev–Trinajstić information content (AvgIpc) is 3.13. The van der Waals surface area contributed by atoms with Gasteiger partial charge in [-0.05, 0) is 25.3 Å². The van der Waals surface area contributed by atoms with Gasteiger partial charge in [0.2, 0.25) is 5.13 Å². The molecule has 0 aliphatic rings. The van der Waals surface area contributed by atoms with Gasteiger partial charge in [-0.2, -0.15) is 0 Å². The van der Waals surface area contributed by atoms with Crippen LogP contribution in [0.4, 0.5) is 5.13 Å². The molecule has 0 aromatic carbocycles. The second kappa shape index (κ2) is 6.04. The molecule has 1 N–H and O–H groups in total. The van der Waals surface area contributed by atoms with Crippen LogP contribution < -0.4 is 5.32 Å². The summed E-state index contributed by atoms with van der Waals surface area (Å²) < 4.78 is 5.24. The lowest BCUT2D eigenvalue weighted by molar-refractivity contribution is 0.102. The summed E-state index contributed by atoms with van der Waals surface area (Å²) in [5.74, 6) is -0.0889. The fourth-order valence-corrected chi connectivity index (χ4v) is 2.87. The normalized spacial score (nSPS) is 11.3. The van der Waals surface area contributed by atoms with Crippen LogP contribution in [0.15, 0.2) is 10.6 Å². The summed E-state index contributed by atoms with van der Waals surface area (Å²) in [5.41, 5.74) is 2.29. The van der Waals surface area contributed by atoms with Crippen LogP contribution >= 0.6 is 11.3 Å². The lowest BCUT2D eigenvalue weighted by Gasteiger charge is -2.08. The van der Waals surface area contributed by atoms with E-state index < -0.39 is 0 Å². The highest BCUT2D eigenvalue weighted by Gasteiger charge is 2.20. The van der Waals surface area contributed by atoms with E-state index in [0.717, 1.165) is 17.1 Å². The van der Waals surface area contributed by atoms with Crippen molar-refractivity contribution >= 4 is 33.5 Å². The zero-order valence-electron chi connectivity index (χ0n) is 13.4. The first-order valence-electron chi connectivity index (χ1n) is 7.40. The smallest absolute Gasteiger partial charge is 0.259 e. The average molecular weight is 331 g/mol.